The molecule has 60 valence electrons. The van der Waals surface area contributed by atoms with E-state index < -0.39 is 22.3 Å². The van der Waals surface area contributed by atoms with Crippen molar-refractivity contribution in [1.82, 2.24) is 0 Å². The van der Waals surface area contributed by atoms with Gasteiger partial charge in [-0.1, -0.05) is 18.0 Å². The van der Waals surface area contributed by atoms with Crippen molar-refractivity contribution in [2.75, 3.05) is 7.11 Å². The van der Waals surface area contributed by atoms with E-state index in [1.54, 1.807) is 0 Å². The number of hydrogen-bond donors (Lipinski definition) is 0. The third kappa shape index (κ3) is 3.58. The molecule has 5 heteroatoms. The van der Waals surface area contributed by atoms with E-state index in [2.05, 4.69) is 4.74 Å². The van der Waals surface area contributed by atoms with Crippen molar-refractivity contribution in [1.29, 1.82) is 0 Å². The van der Waals surface area contributed by atoms with Crippen LogP contribution in [0.25, 0.3) is 0 Å². The molecule has 0 heterocycles. The summed E-state index contributed by atoms with van der Waals surface area (Å²) in [6.07, 6.45) is -0.0768. The van der Waals surface area contributed by atoms with E-state index in [9.17, 15) is 13.6 Å². The van der Waals surface area contributed by atoms with Crippen molar-refractivity contribution in [3.05, 3.63) is 0 Å². The lowest BCUT2D eigenvalue weighted by molar-refractivity contribution is -0.140. The van der Waals surface area contributed by atoms with Crippen LogP contribution in [0.4, 0.5) is 0 Å². The van der Waals surface area contributed by atoms with Crippen LogP contribution in [0.5, 0.6) is 0 Å². The molecule has 2 unspecified atom stereocenters. The van der Waals surface area contributed by atoms with E-state index in [0.717, 1.165) is 0 Å². The van der Waals surface area contributed by atoms with Crippen LogP contribution in [-0.2, 0) is 20.6 Å². The Hall–Kier alpha value is -0.420. The fraction of sp³-hybridized carbons (Fsp3) is 0.800. The molecule has 0 aromatic carbocycles. The Kier molecular flexibility index (Phi) is 4.22. The van der Waals surface area contributed by atoms with E-state index in [-0.39, 0.29) is 6.42 Å². The zero-order valence-corrected chi connectivity index (χ0v) is 6.64. The van der Waals surface area contributed by atoms with Crippen LogP contribution in [0.2, 0.25) is 0 Å². The number of carbonyl (C=O) groups is 1. The molecule has 0 saturated heterocycles. The number of carbonyl (C=O) groups excluding carboxylic acids is 1. The fourth-order valence-corrected chi connectivity index (χ4v) is 0.658. The van der Waals surface area contributed by atoms with Crippen LogP contribution in [0, 0.1) is 0 Å². The summed E-state index contributed by atoms with van der Waals surface area (Å²) in [5.74, 6) is -0.503. The molecular formula is C5H9O4S-. The minimum atomic E-state index is -2.18. The normalized spacial score (nSPS) is 15.9. The van der Waals surface area contributed by atoms with Gasteiger partial charge in [0.2, 0.25) is 0 Å². The summed E-state index contributed by atoms with van der Waals surface area (Å²) in [4.78, 5) is 10.4. The van der Waals surface area contributed by atoms with Gasteiger partial charge in [-0.2, -0.15) is 0 Å². The number of ether oxygens (including phenoxy) is 1. The molecule has 0 rings (SSSR count). The van der Waals surface area contributed by atoms with Gasteiger partial charge in [-0.25, -0.2) is 0 Å². The Balaban J connectivity index is 3.68. The zero-order chi connectivity index (χ0) is 8.15. The SMILES string of the molecule is COC(=O)CC(C)S(=O)[O-]. The molecule has 10 heavy (non-hydrogen) atoms. The average Bonchev–Trinajstić information content (AvgIpc) is 1.87. The molecule has 0 aliphatic carbocycles. The molecule has 0 N–H and O–H groups in total. The van der Waals surface area contributed by atoms with Gasteiger partial charge in [0.25, 0.3) is 0 Å². The van der Waals surface area contributed by atoms with Gasteiger partial charge in [0.1, 0.15) is 0 Å². The Labute approximate surface area is 61.9 Å². The van der Waals surface area contributed by atoms with Crippen molar-refractivity contribution < 1.29 is 18.3 Å². The van der Waals surface area contributed by atoms with Crippen LogP contribution >= 0.6 is 0 Å². The minimum absolute atomic E-state index is 0.0768. The Bertz CT molecular complexity index is 145. The van der Waals surface area contributed by atoms with Gasteiger partial charge in [0, 0.05) is 5.25 Å². The van der Waals surface area contributed by atoms with Gasteiger partial charge in [0.15, 0.2) is 0 Å². The van der Waals surface area contributed by atoms with Crippen LogP contribution in [0.1, 0.15) is 13.3 Å². The van der Waals surface area contributed by atoms with Gasteiger partial charge in [0.05, 0.1) is 13.5 Å². The number of rotatable bonds is 3. The quantitative estimate of drug-likeness (QED) is 0.429. The molecule has 0 saturated carbocycles. The molecule has 4 nitrogen and oxygen atoms in total. The Morgan fingerprint density at radius 2 is 2.30 bits per heavy atom. The second kappa shape index (κ2) is 4.40. The summed E-state index contributed by atoms with van der Waals surface area (Å²) < 4.78 is 24.5. The first-order valence-electron chi connectivity index (χ1n) is 2.72. The van der Waals surface area contributed by atoms with E-state index in [1.165, 1.54) is 14.0 Å². The highest BCUT2D eigenvalue weighted by Crippen LogP contribution is 1.99. The molecule has 0 spiro atoms. The molecule has 0 bridgehead atoms. The summed E-state index contributed by atoms with van der Waals surface area (Å²) in [7, 11) is 1.22. The van der Waals surface area contributed by atoms with Crippen molar-refractivity contribution in [3.8, 4) is 0 Å². The van der Waals surface area contributed by atoms with Crippen LogP contribution in [-0.4, -0.2) is 27.1 Å². The first kappa shape index (κ1) is 9.58. The first-order valence-corrected chi connectivity index (χ1v) is 3.86. The summed E-state index contributed by atoms with van der Waals surface area (Å²) in [6, 6.07) is 0. The Morgan fingerprint density at radius 3 is 2.60 bits per heavy atom. The standard InChI is InChI=1S/C5H10O4S/c1-4(10(7)8)3-5(6)9-2/h4H,3H2,1-2H3,(H,7,8)/p-1. The van der Waals surface area contributed by atoms with Gasteiger partial charge in [-0.05, 0) is 0 Å². The van der Waals surface area contributed by atoms with E-state index >= 15 is 0 Å². The lowest BCUT2D eigenvalue weighted by Crippen LogP contribution is -2.16. The second-order valence-corrected chi connectivity index (χ2v) is 3.18. The molecule has 0 fully saturated rings. The lowest BCUT2D eigenvalue weighted by atomic mass is 10.3. The maximum atomic E-state index is 10.4. The molecule has 0 radical (unpaired) electrons. The highest BCUT2D eigenvalue weighted by molar-refractivity contribution is 7.79. The highest BCUT2D eigenvalue weighted by atomic mass is 32.2. The lowest BCUT2D eigenvalue weighted by Gasteiger charge is -2.11. The molecule has 0 aliphatic heterocycles. The maximum absolute atomic E-state index is 10.4. The fourth-order valence-electron chi connectivity index (χ4n) is 0.386. The summed E-state index contributed by atoms with van der Waals surface area (Å²) in [5, 5.41) is -0.660. The van der Waals surface area contributed by atoms with Crippen molar-refractivity contribution in [2.45, 2.75) is 18.6 Å². The zero-order valence-electron chi connectivity index (χ0n) is 5.83. The molecule has 0 aliphatic rings. The first-order chi connectivity index (χ1) is 4.57. The van der Waals surface area contributed by atoms with Gasteiger partial charge >= 0.3 is 5.97 Å². The molecular weight excluding hydrogens is 156 g/mol. The molecule has 0 aromatic rings. The van der Waals surface area contributed by atoms with E-state index in [0.29, 0.717) is 0 Å². The molecule has 0 aromatic heterocycles. The minimum Gasteiger partial charge on any atom is -0.772 e. The van der Waals surface area contributed by atoms with Crippen LogP contribution in [0.15, 0.2) is 0 Å². The van der Waals surface area contributed by atoms with Gasteiger partial charge in [-0.3, -0.25) is 9.00 Å². The van der Waals surface area contributed by atoms with Gasteiger partial charge in [-0.15, -0.1) is 0 Å². The third-order valence-corrected chi connectivity index (χ3v) is 1.83. The predicted molar refractivity (Wildman–Crippen MR) is 35.0 cm³/mol. The van der Waals surface area contributed by atoms with Crippen LogP contribution in [0.3, 0.4) is 0 Å². The Morgan fingerprint density at radius 1 is 1.80 bits per heavy atom. The van der Waals surface area contributed by atoms with E-state index in [1.807, 2.05) is 0 Å². The topological polar surface area (TPSA) is 66.4 Å². The maximum Gasteiger partial charge on any atom is 0.306 e. The van der Waals surface area contributed by atoms with E-state index in [4.69, 9.17) is 0 Å². The van der Waals surface area contributed by atoms with Crippen molar-refractivity contribution >= 4 is 17.0 Å². The summed E-state index contributed by atoms with van der Waals surface area (Å²) >= 11 is -2.18. The summed E-state index contributed by atoms with van der Waals surface area (Å²) in [5.41, 5.74) is 0. The van der Waals surface area contributed by atoms with Crippen molar-refractivity contribution in [3.63, 3.8) is 0 Å². The molecule has 0 amide bonds. The summed E-state index contributed by atoms with van der Waals surface area (Å²) in [6.45, 7) is 1.44. The number of hydrogen-bond acceptors (Lipinski definition) is 4. The second-order valence-electron chi connectivity index (χ2n) is 1.85. The van der Waals surface area contributed by atoms with Crippen molar-refractivity contribution in [2.24, 2.45) is 0 Å². The predicted octanol–water partition coefficient (Wildman–Crippen LogP) is -0.183. The van der Waals surface area contributed by atoms with Crippen LogP contribution < -0.4 is 0 Å². The van der Waals surface area contributed by atoms with Gasteiger partial charge < -0.3 is 9.29 Å². The smallest absolute Gasteiger partial charge is 0.306 e. The molecule has 2 atom stereocenters. The number of methoxy groups -OCH3 is 1. The number of esters is 1. The monoisotopic (exact) mass is 165 g/mol. The largest absolute Gasteiger partial charge is 0.772 e. The third-order valence-electron chi connectivity index (χ3n) is 1.01. The highest BCUT2D eigenvalue weighted by Gasteiger charge is 2.08. The average molecular weight is 165 g/mol.